The van der Waals surface area contributed by atoms with E-state index in [0.29, 0.717) is 5.56 Å². The molecule has 1 aromatic carbocycles. The molecule has 1 aromatic heterocycles. The van der Waals surface area contributed by atoms with E-state index in [1.807, 2.05) is 0 Å². The van der Waals surface area contributed by atoms with Crippen molar-refractivity contribution in [2.45, 2.75) is 36.6 Å². The molecule has 2 heterocycles. The van der Waals surface area contributed by atoms with E-state index in [-0.39, 0.29) is 28.3 Å². The molecule has 6 rings (SSSR count). The third kappa shape index (κ3) is 2.09. The molecule has 1 spiro atoms. The second-order valence-electron chi connectivity index (χ2n) is 9.00. The van der Waals surface area contributed by atoms with Gasteiger partial charge in [0, 0.05) is 17.9 Å². The Morgan fingerprint density at radius 2 is 1.97 bits per heavy atom. The number of aliphatic hydroxyl groups is 3. The fraction of sp³-hybridized carbons (Fsp3) is 0.304. The molecule has 1 aliphatic heterocycles. The van der Waals surface area contributed by atoms with Crippen LogP contribution in [-0.4, -0.2) is 60.2 Å². The highest BCUT2D eigenvalue weighted by molar-refractivity contribution is 6.24. The summed E-state index contributed by atoms with van der Waals surface area (Å²) in [7, 11) is 0. The maximum absolute atomic E-state index is 13.7. The van der Waals surface area contributed by atoms with Crippen LogP contribution in [0.2, 0.25) is 0 Å². The third-order valence-electron chi connectivity index (χ3n) is 7.51. The summed E-state index contributed by atoms with van der Waals surface area (Å²) >= 11 is 0. The van der Waals surface area contributed by atoms with Crippen molar-refractivity contribution in [3.8, 4) is 17.2 Å². The summed E-state index contributed by atoms with van der Waals surface area (Å²) in [5.74, 6) is -6.68. The maximum atomic E-state index is 13.7. The number of fused-ring (bicyclic) bond motifs is 3. The first kappa shape index (κ1) is 20.6. The first-order chi connectivity index (χ1) is 16.1. The highest BCUT2D eigenvalue weighted by Crippen LogP contribution is 2.66. The van der Waals surface area contributed by atoms with Gasteiger partial charge >= 0.3 is 0 Å². The Hall–Kier alpha value is -3.96. The molecule has 0 unspecified atom stereocenters. The number of aromatic nitrogens is 1. The largest absolute Gasteiger partial charge is 0.508 e. The summed E-state index contributed by atoms with van der Waals surface area (Å²) in [5.41, 5.74) is 0.0699. The van der Waals surface area contributed by atoms with E-state index in [1.165, 1.54) is 12.5 Å². The molecule has 1 saturated carbocycles. The smallest absolute Gasteiger partial charge is 0.255 e. The highest BCUT2D eigenvalue weighted by Gasteiger charge is 2.82. The number of primary amides is 1. The standard InChI is InChI=1S/C23H18N2O9/c1-7-8-2-3-9(21-25-4-5-33-21)15(27)12(8)16(28)14-11(7)19-22(34-19)6-10(26)13(20(24)31)17(29)23(22,32)18(14)30/h2-5,7,11,19,27-29,32H,6H2,1H3,(H2,24,31)/t7-,11+,19-,22-,23+/m0/s1. The number of hydrogen-bond acceptors (Lipinski definition) is 10. The van der Waals surface area contributed by atoms with Crippen LogP contribution in [0.3, 0.4) is 0 Å². The summed E-state index contributed by atoms with van der Waals surface area (Å²) in [4.78, 5) is 42.0. The molecular formula is C23H18N2O9. The molecule has 11 heteroatoms. The van der Waals surface area contributed by atoms with Crippen LogP contribution in [0.5, 0.6) is 5.75 Å². The average Bonchev–Trinajstić information content (AvgIpc) is 3.23. The number of amides is 1. The van der Waals surface area contributed by atoms with Crippen molar-refractivity contribution in [3.05, 3.63) is 52.6 Å². The lowest BCUT2D eigenvalue weighted by atomic mass is 9.57. The van der Waals surface area contributed by atoms with Gasteiger partial charge in [0.2, 0.25) is 17.3 Å². The zero-order valence-electron chi connectivity index (χ0n) is 17.6. The Morgan fingerprint density at radius 3 is 2.62 bits per heavy atom. The van der Waals surface area contributed by atoms with Crippen molar-refractivity contribution in [2.24, 2.45) is 11.7 Å². The van der Waals surface area contributed by atoms with Crippen molar-refractivity contribution in [3.63, 3.8) is 0 Å². The van der Waals surface area contributed by atoms with Crippen molar-refractivity contribution >= 4 is 23.2 Å². The van der Waals surface area contributed by atoms with Crippen LogP contribution in [-0.2, 0) is 19.1 Å². The summed E-state index contributed by atoms with van der Waals surface area (Å²) in [6, 6.07) is 3.22. The zero-order chi connectivity index (χ0) is 24.3. The first-order valence-corrected chi connectivity index (χ1v) is 10.5. The molecule has 5 atom stereocenters. The molecule has 174 valence electrons. The molecule has 11 nitrogen and oxygen atoms in total. The van der Waals surface area contributed by atoms with Gasteiger partial charge in [-0.05, 0) is 17.5 Å². The van der Waals surface area contributed by atoms with Crippen molar-refractivity contribution in [1.82, 2.24) is 4.98 Å². The lowest BCUT2D eigenvalue weighted by molar-refractivity contribution is -0.146. The number of epoxide rings is 1. The van der Waals surface area contributed by atoms with Crippen LogP contribution in [0, 0.1) is 5.92 Å². The maximum Gasteiger partial charge on any atom is 0.255 e. The molecule has 2 aromatic rings. The number of nitrogens with two attached hydrogens (primary N) is 1. The normalized spacial score (nSPS) is 33.8. The van der Waals surface area contributed by atoms with Crippen LogP contribution in [0.15, 0.2) is 45.9 Å². The van der Waals surface area contributed by atoms with Crippen LogP contribution in [0.4, 0.5) is 0 Å². The van der Waals surface area contributed by atoms with E-state index in [2.05, 4.69) is 4.98 Å². The molecule has 2 fully saturated rings. The monoisotopic (exact) mass is 466 g/mol. The second kappa shape index (κ2) is 6.13. The SMILES string of the molecule is C[C@H]1c2ccc(-c3ncco3)c(O)c2C(O)=C2C(=O)[C@]3(O)C(O)=C(C(N)=O)C(=O)C[C@@]34O[C@H]4[C@@H]21. The molecule has 4 aliphatic rings. The van der Waals surface area contributed by atoms with Gasteiger partial charge in [-0.1, -0.05) is 13.0 Å². The van der Waals surface area contributed by atoms with E-state index < -0.39 is 70.1 Å². The number of phenolic OH excluding ortho intramolecular Hbond substituents is 1. The van der Waals surface area contributed by atoms with E-state index in [1.54, 1.807) is 19.1 Å². The van der Waals surface area contributed by atoms with Gasteiger partial charge in [-0.2, -0.15) is 0 Å². The van der Waals surface area contributed by atoms with E-state index in [0.717, 1.165) is 0 Å². The molecule has 1 amide bonds. The van der Waals surface area contributed by atoms with Gasteiger partial charge in [0.05, 0.1) is 23.4 Å². The lowest BCUT2D eigenvalue weighted by Crippen LogP contribution is -2.64. The Kier molecular flexibility index (Phi) is 3.72. The number of benzene rings is 1. The molecule has 6 N–H and O–H groups in total. The minimum Gasteiger partial charge on any atom is -0.508 e. The van der Waals surface area contributed by atoms with Gasteiger partial charge < -0.3 is 35.3 Å². The van der Waals surface area contributed by atoms with Crippen molar-refractivity contribution < 1.29 is 44.0 Å². The second-order valence-corrected chi connectivity index (χ2v) is 9.00. The Labute approximate surface area is 190 Å². The minimum absolute atomic E-state index is 0.0509. The van der Waals surface area contributed by atoms with Gasteiger partial charge in [0.25, 0.3) is 5.91 Å². The lowest BCUT2D eigenvalue weighted by Gasteiger charge is -2.44. The van der Waals surface area contributed by atoms with Crippen LogP contribution >= 0.6 is 0 Å². The number of rotatable bonds is 2. The number of aliphatic hydroxyl groups excluding tert-OH is 2. The zero-order valence-corrected chi connectivity index (χ0v) is 17.6. The number of phenols is 1. The summed E-state index contributed by atoms with van der Waals surface area (Å²) in [5, 5.41) is 44.4. The molecule has 0 radical (unpaired) electrons. The van der Waals surface area contributed by atoms with Gasteiger partial charge in [-0.3, -0.25) is 14.4 Å². The number of carbonyl (C=O) groups excluding carboxylic acids is 3. The van der Waals surface area contributed by atoms with Crippen LogP contribution in [0.25, 0.3) is 17.2 Å². The topological polar surface area (TPSA) is 197 Å². The van der Waals surface area contributed by atoms with Gasteiger partial charge in [-0.25, -0.2) is 4.98 Å². The Morgan fingerprint density at radius 1 is 1.24 bits per heavy atom. The third-order valence-corrected chi connectivity index (χ3v) is 7.51. The van der Waals surface area contributed by atoms with Crippen molar-refractivity contribution in [1.29, 1.82) is 0 Å². The molecule has 3 aliphatic carbocycles. The first-order valence-electron chi connectivity index (χ1n) is 10.5. The van der Waals surface area contributed by atoms with Gasteiger partial charge in [-0.15, -0.1) is 0 Å². The number of ether oxygens (including phenoxy) is 1. The van der Waals surface area contributed by atoms with E-state index in [9.17, 15) is 34.8 Å². The number of hydrogen-bond donors (Lipinski definition) is 5. The van der Waals surface area contributed by atoms with Crippen molar-refractivity contribution in [2.75, 3.05) is 0 Å². The molecule has 1 saturated heterocycles. The molecule has 34 heavy (non-hydrogen) atoms. The van der Waals surface area contributed by atoms with E-state index in [4.69, 9.17) is 14.9 Å². The minimum atomic E-state index is -2.80. The number of oxazole rings is 1. The summed E-state index contributed by atoms with van der Waals surface area (Å²) < 4.78 is 11.0. The predicted molar refractivity (Wildman–Crippen MR) is 111 cm³/mol. The van der Waals surface area contributed by atoms with Gasteiger partial charge in [0.1, 0.15) is 28.9 Å². The molecular weight excluding hydrogens is 448 g/mol. The fourth-order valence-electron chi connectivity index (χ4n) is 5.88. The van der Waals surface area contributed by atoms with Crippen LogP contribution < -0.4 is 5.73 Å². The number of nitrogens with zero attached hydrogens (tertiary/aromatic N) is 1. The average molecular weight is 466 g/mol. The Bertz CT molecular complexity index is 1410. The summed E-state index contributed by atoms with van der Waals surface area (Å²) in [6.07, 6.45) is 1.22. The molecule has 0 bridgehead atoms. The number of Topliss-reactive ketones (excluding diaryl/α,β-unsaturated/α-hetero) is 2. The number of aromatic hydroxyl groups is 1. The fourth-order valence-corrected chi connectivity index (χ4v) is 5.88. The van der Waals surface area contributed by atoms with Gasteiger partial charge in [0.15, 0.2) is 11.5 Å². The quantitative estimate of drug-likeness (QED) is 0.311. The Balaban J connectivity index is 1.60. The number of carbonyl (C=O) groups is 3. The van der Waals surface area contributed by atoms with E-state index >= 15 is 0 Å². The van der Waals surface area contributed by atoms with Crippen LogP contribution in [0.1, 0.15) is 30.4 Å². The highest BCUT2D eigenvalue weighted by atomic mass is 16.6. The number of ketones is 2. The predicted octanol–water partition coefficient (Wildman–Crippen LogP) is 0.771. The summed E-state index contributed by atoms with van der Waals surface area (Å²) in [6.45, 7) is 1.75.